The summed E-state index contributed by atoms with van der Waals surface area (Å²) in [6.45, 7) is 0. The highest BCUT2D eigenvalue weighted by molar-refractivity contribution is 5.77. The lowest BCUT2D eigenvalue weighted by molar-refractivity contribution is -0.137. The van der Waals surface area contributed by atoms with E-state index in [1.165, 1.54) is 32.1 Å². The highest BCUT2D eigenvalue weighted by atomic mass is 16.5. The van der Waals surface area contributed by atoms with Gasteiger partial charge in [-0.05, 0) is 37.3 Å². The number of amides is 1. The fourth-order valence-electron chi connectivity index (χ4n) is 5.17. The molecule has 0 N–H and O–H groups in total. The number of fused-ring (bicyclic) bond motifs is 2. The fraction of sp³-hybridized carbons (Fsp3) is 0.714. The molecule has 4 heteroatoms. The van der Waals surface area contributed by atoms with E-state index in [-0.39, 0.29) is 6.10 Å². The lowest BCUT2D eigenvalue weighted by Crippen LogP contribution is -2.49. The molecule has 2 unspecified atom stereocenters. The molecule has 136 valence electrons. The molecule has 2 atom stereocenters. The van der Waals surface area contributed by atoms with Crippen LogP contribution in [0.15, 0.2) is 24.5 Å². The van der Waals surface area contributed by atoms with Crippen molar-refractivity contribution in [1.29, 1.82) is 0 Å². The van der Waals surface area contributed by atoms with Crippen LogP contribution < -0.4 is 4.74 Å². The summed E-state index contributed by atoms with van der Waals surface area (Å²) < 4.78 is 6.12. The van der Waals surface area contributed by atoms with E-state index in [0.29, 0.717) is 18.0 Å². The van der Waals surface area contributed by atoms with Gasteiger partial charge in [0.1, 0.15) is 11.9 Å². The number of pyridine rings is 1. The van der Waals surface area contributed by atoms with Gasteiger partial charge in [0, 0.05) is 37.5 Å². The Kier molecular flexibility index (Phi) is 5.23. The van der Waals surface area contributed by atoms with Gasteiger partial charge in [0.05, 0.1) is 6.20 Å². The first-order chi connectivity index (χ1) is 12.3. The van der Waals surface area contributed by atoms with Gasteiger partial charge in [-0.1, -0.05) is 32.1 Å². The topological polar surface area (TPSA) is 42.4 Å². The van der Waals surface area contributed by atoms with Crippen molar-refractivity contribution in [3.05, 3.63) is 24.5 Å². The summed E-state index contributed by atoms with van der Waals surface area (Å²) in [5.41, 5.74) is 0. The summed E-state index contributed by atoms with van der Waals surface area (Å²) in [5, 5.41) is 0. The zero-order valence-electron chi connectivity index (χ0n) is 15.1. The van der Waals surface area contributed by atoms with Crippen molar-refractivity contribution in [2.24, 2.45) is 5.92 Å². The SMILES string of the molecule is O=C(CCC1CCCCC1)N1C2CCC1CC(Oc1cccnc1)C2. The summed E-state index contributed by atoms with van der Waals surface area (Å²) in [4.78, 5) is 19.2. The Morgan fingerprint density at radius 3 is 2.56 bits per heavy atom. The highest BCUT2D eigenvalue weighted by Crippen LogP contribution is 2.38. The average Bonchev–Trinajstić information content (AvgIpc) is 2.92. The molecule has 0 spiro atoms. The van der Waals surface area contributed by atoms with Crippen LogP contribution in [-0.4, -0.2) is 34.0 Å². The molecule has 3 heterocycles. The predicted octanol–water partition coefficient (Wildman–Crippen LogP) is 4.34. The molecule has 2 aliphatic heterocycles. The highest BCUT2D eigenvalue weighted by Gasteiger charge is 2.43. The van der Waals surface area contributed by atoms with Crippen molar-refractivity contribution in [2.75, 3.05) is 0 Å². The molecule has 3 fully saturated rings. The lowest BCUT2D eigenvalue weighted by Gasteiger charge is -2.39. The number of piperidine rings is 1. The average molecular weight is 342 g/mol. The third-order valence-corrected chi connectivity index (χ3v) is 6.41. The second kappa shape index (κ2) is 7.76. The van der Waals surface area contributed by atoms with Crippen LogP contribution >= 0.6 is 0 Å². The minimum Gasteiger partial charge on any atom is -0.489 e. The second-order valence-electron chi connectivity index (χ2n) is 8.13. The molecule has 0 radical (unpaired) electrons. The summed E-state index contributed by atoms with van der Waals surface area (Å²) >= 11 is 0. The van der Waals surface area contributed by atoms with Gasteiger partial charge in [-0.25, -0.2) is 0 Å². The zero-order chi connectivity index (χ0) is 17.1. The molecular formula is C21H30N2O2. The number of rotatable bonds is 5. The molecule has 1 aliphatic carbocycles. The Labute approximate surface area is 151 Å². The number of carbonyl (C=O) groups excluding carboxylic acids is 1. The van der Waals surface area contributed by atoms with Gasteiger partial charge in [0.25, 0.3) is 0 Å². The maximum Gasteiger partial charge on any atom is 0.223 e. The number of ether oxygens (including phenoxy) is 1. The molecule has 1 aromatic rings. The minimum atomic E-state index is 0.226. The smallest absolute Gasteiger partial charge is 0.223 e. The van der Waals surface area contributed by atoms with Crippen LogP contribution in [0.1, 0.15) is 70.6 Å². The normalized spacial score (nSPS) is 29.6. The summed E-state index contributed by atoms with van der Waals surface area (Å²) in [5.74, 6) is 2.05. The van der Waals surface area contributed by atoms with Crippen molar-refractivity contribution in [3.63, 3.8) is 0 Å². The first-order valence-corrected chi connectivity index (χ1v) is 10.2. The van der Waals surface area contributed by atoms with E-state index in [1.807, 2.05) is 12.1 Å². The number of aromatic nitrogens is 1. The third-order valence-electron chi connectivity index (χ3n) is 6.41. The van der Waals surface area contributed by atoms with Gasteiger partial charge in [-0.15, -0.1) is 0 Å². The molecule has 2 bridgehead atoms. The largest absolute Gasteiger partial charge is 0.489 e. The predicted molar refractivity (Wildman–Crippen MR) is 97.4 cm³/mol. The maximum atomic E-state index is 12.8. The first kappa shape index (κ1) is 16.9. The van der Waals surface area contributed by atoms with Gasteiger partial charge in [-0.3, -0.25) is 9.78 Å². The lowest BCUT2D eigenvalue weighted by atomic mass is 9.86. The second-order valence-corrected chi connectivity index (χ2v) is 8.13. The van der Waals surface area contributed by atoms with Crippen LogP contribution in [0.4, 0.5) is 0 Å². The molecule has 0 aromatic carbocycles. The van der Waals surface area contributed by atoms with Gasteiger partial charge >= 0.3 is 0 Å². The number of hydrogen-bond donors (Lipinski definition) is 0. The van der Waals surface area contributed by atoms with Crippen LogP contribution in [0.25, 0.3) is 0 Å². The number of carbonyl (C=O) groups is 1. The van der Waals surface area contributed by atoms with Gasteiger partial charge in [0.2, 0.25) is 5.91 Å². The molecule has 1 aromatic heterocycles. The van der Waals surface area contributed by atoms with Crippen molar-refractivity contribution in [2.45, 2.75) is 88.8 Å². The minimum absolute atomic E-state index is 0.226. The van der Waals surface area contributed by atoms with Crippen molar-refractivity contribution < 1.29 is 9.53 Å². The molecule has 25 heavy (non-hydrogen) atoms. The van der Waals surface area contributed by atoms with Crippen LogP contribution in [0, 0.1) is 5.92 Å². The Balaban J connectivity index is 1.30. The van der Waals surface area contributed by atoms with E-state index in [9.17, 15) is 4.79 Å². The molecule has 4 nitrogen and oxygen atoms in total. The monoisotopic (exact) mass is 342 g/mol. The first-order valence-electron chi connectivity index (χ1n) is 10.2. The van der Waals surface area contributed by atoms with Gasteiger partial charge < -0.3 is 9.64 Å². The Morgan fingerprint density at radius 1 is 1.12 bits per heavy atom. The standard InChI is InChI=1S/C21H30N2O2/c24-21(11-8-16-5-2-1-3-6-16)23-17-9-10-18(23)14-20(13-17)25-19-7-4-12-22-15-19/h4,7,12,15-18,20H,1-3,5-6,8-11,13-14H2. The Hall–Kier alpha value is -1.58. The molecule has 3 aliphatic rings. The van der Waals surface area contributed by atoms with E-state index < -0.39 is 0 Å². The van der Waals surface area contributed by atoms with Crippen molar-refractivity contribution >= 4 is 5.91 Å². The summed E-state index contributed by atoms with van der Waals surface area (Å²) in [6, 6.07) is 4.66. The maximum absolute atomic E-state index is 12.8. The van der Waals surface area contributed by atoms with E-state index in [4.69, 9.17) is 4.74 Å². The molecular weight excluding hydrogens is 312 g/mol. The zero-order valence-corrected chi connectivity index (χ0v) is 15.1. The van der Waals surface area contributed by atoms with E-state index in [1.54, 1.807) is 12.4 Å². The van der Waals surface area contributed by atoms with E-state index in [0.717, 1.165) is 50.2 Å². The molecule has 1 saturated carbocycles. The number of nitrogens with zero attached hydrogens (tertiary/aromatic N) is 2. The third kappa shape index (κ3) is 3.99. The van der Waals surface area contributed by atoms with Crippen LogP contribution in [0.2, 0.25) is 0 Å². The van der Waals surface area contributed by atoms with E-state index >= 15 is 0 Å². The molecule has 4 rings (SSSR count). The molecule has 1 amide bonds. The summed E-state index contributed by atoms with van der Waals surface area (Å²) in [6.07, 6.45) is 16.7. The number of hydrogen-bond acceptors (Lipinski definition) is 3. The summed E-state index contributed by atoms with van der Waals surface area (Å²) in [7, 11) is 0. The Bertz CT molecular complexity index is 557. The van der Waals surface area contributed by atoms with Crippen LogP contribution in [-0.2, 0) is 4.79 Å². The van der Waals surface area contributed by atoms with Gasteiger partial charge in [0.15, 0.2) is 0 Å². The van der Waals surface area contributed by atoms with Crippen LogP contribution in [0.5, 0.6) is 5.75 Å². The fourth-order valence-corrected chi connectivity index (χ4v) is 5.17. The molecule has 2 saturated heterocycles. The van der Waals surface area contributed by atoms with E-state index in [2.05, 4.69) is 9.88 Å². The van der Waals surface area contributed by atoms with Gasteiger partial charge in [-0.2, -0.15) is 0 Å². The Morgan fingerprint density at radius 2 is 1.88 bits per heavy atom. The van der Waals surface area contributed by atoms with Crippen LogP contribution in [0.3, 0.4) is 0 Å². The quantitative estimate of drug-likeness (QED) is 0.799. The van der Waals surface area contributed by atoms with Crippen molar-refractivity contribution in [1.82, 2.24) is 9.88 Å². The van der Waals surface area contributed by atoms with Crippen molar-refractivity contribution in [3.8, 4) is 5.75 Å².